The lowest BCUT2D eigenvalue weighted by molar-refractivity contribution is 0.722. The largest absolute Gasteiger partial charge is 0.364 e. The van der Waals surface area contributed by atoms with E-state index in [0.717, 1.165) is 6.54 Å². The van der Waals surface area contributed by atoms with Gasteiger partial charge in [0.05, 0.1) is 6.33 Å². The number of rotatable bonds is 4. The Morgan fingerprint density at radius 1 is 1.38 bits per heavy atom. The number of hydrogen-bond donors (Lipinski definition) is 1. The Morgan fingerprint density at radius 2 is 2.25 bits per heavy atom. The van der Waals surface area contributed by atoms with Crippen molar-refractivity contribution < 1.29 is 0 Å². The molecule has 2 aromatic rings. The van der Waals surface area contributed by atoms with E-state index < -0.39 is 0 Å². The van der Waals surface area contributed by atoms with Gasteiger partial charge in [0.2, 0.25) is 0 Å². The van der Waals surface area contributed by atoms with Crippen molar-refractivity contribution in [1.82, 2.24) is 19.1 Å². The number of aryl methyl sites for hydroxylation is 1. The van der Waals surface area contributed by atoms with Crippen molar-refractivity contribution in [2.45, 2.75) is 6.54 Å². The van der Waals surface area contributed by atoms with Gasteiger partial charge in [-0.1, -0.05) is 0 Å². The fourth-order valence-electron chi connectivity index (χ4n) is 1.34. The molecule has 6 heteroatoms. The second-order valence-corrected chi connectivity index (χ2v) is 3.42. The Morgan fingerprint density at radius 3 is 3.00 bits per heavy atom. The zero-order valence-electron chi connectivity index (χ0n) is 9.00. The Hall–Kier alpha value is -2.11. The maximum Gasteiger partial charge on any atom is 0.293 e. The molecule has 16 heavy (non-hydrogen) atoms. The third kappa shape index (κ3) is 2.28. The van der Waals surface area contributed by atoms with Crippen molar-refractivity contribution in [3.63, 3.8) is 0 Å². The predicted octanol–water partition coefficient (Wildman–Crippen LogP) is 0.0889. The molecule has 0 bridgehead atoms. The van der Waals surface area contributed by atoms with Gasteiger partial charge in [0.1, 0.15) is 0 Å². The molecule has 0 saturated heterocycles. The van der Waals surface area contributed by atoms with Crippen LogP contribution in [0.4, 0.5) is 5.82 Å². The Labute approximate surface area is 92.6 Å². The molecule has 0 fully saturated rings. The molecule has 0 atom stereocenters. The molecule has 0 aliphatic rings. The predicted molar refractivity (Wildman–Crippen MR) is 60.2 cm³/mol. The average molecular weight is 219 g/mol. The van der Waals surface area contributed by atoms with Crippen LogP contribution in [0.2, 0.25) is 0 Å². The van der Waals surface area contributed by atoms with Gasteiger partial charge in [-0.3, -0.25) is 4.79 Å². The van der Waals surface area contributed by atoms with Gasteiger partial charge in [0, 0.05) is 44.9 Å². The van der Waals surface area contributed by atoms with E-state index in [2.05, 4.69) is 15.3 Å². The zero-order valence-corrected chi connectivity index (χ0v) is 9.00. The third-order valence-corrected chi connectivity index (χ3v) is 2.24. The number of anilines is 1. The molecule has 0 saturated carbocycles. The molecule has 6 nitrogen and oxygen atoms in total. The van der Waals surface area contributed by atoms with E-state index in [1.807, 2.05) is 10.8 Å². The fraction of sp³-hybridized carbons (Fsp3) is 0.300. The number of aromatic nitrogens is 4. The highest BCUT2D eigenvalue weighted by atomic mass is 16.1. The van der Waals surface area contributed by atoms with Crippen LogP contribution in [-0.4, -0.2) is 25.6 Å². The lowest BCUT2D eigenvalue weighted by Crippen LogP contribution is -2.23. The first-order valence-electron chi connectivity index (χ1n) is 4.98. The monoisotopic (exact) mass is 219 g/mol. The first-order valence-corrected chi connectivity index (χ1v) is 4.98. The molecule has 2 rings (SSSR count). The summed E-state index contributed by atoms with van der Waals surface area (Å²) >= 11 is 0. The first kappa shape index (κ1) is 10.4. The average Bonchev–Trinajstić information content (AvgIpc) is 2.77. The van der Waals surface area contributed by atoms with Crippen molar-refractivity contribution in [2.24, 2.45) is 7.05 Å². The zero-order chi connectivity index (χ0) is 11.4. The standard InChI is InChI=1S/C10H13N5O/c1-14-5-3-12-9(10(14)16)13-4-7-15-6-2-11-8-15/h2-3,5-6,8H,4,7H2,1H3,(H,12,13). The number of nitrogens with one attached hydrogen (secondary N) is 1. The summed E-state index contributed by atoms with van der Waals surface area (Å²) in [7, 11) is 1.70. The summed E-state index contributed by atoms with van der Waals surface area (Å²) in [5.41, 5.74) is -0.117. The quantitative estimate of drug-likeness (QED) is 0.791. The lowest BCUT2D eigenvalue weighted by Gasteiger charge is -2.06. The van der Waals surface area contributed by atoms with E-state index in [1.54, 1.807) is 32.0 Å². The fourth-order valence-corrected chi connectivity index (χ4v) is 1.34. The molecule has 0 aromatic carbocycles. The van der Waals surface area contributed by atoms with E-state index in [-0.39, 0.29) is 5.56 Å². The summed E-state index contributed by atoms with van der Waals surface area (Å²) in [6.07, 6.45) is 8.56. The van der Waals surface area contributed by atoms with Gasteiger partial charge in [0.25, 0.3) is 5.56 Å². The minimum Gasteiger partial charge on any atom is -0.364 e. The minimum atomic E-state index is -0.117. The van der Waals surface area contributed by atoms with Crippen molar-refractivity contribution in [2.75, 3.05) is 11.9 Å². The molecule has 0 amide bonds. The number of hydrogen-bond acceptors (Lipinski definition) is 4. The maximum atomic E-state index is 11.6. The topological polar surface area (TPSA) is 64.7 Å². The molecule has 2 heterocycles. The summed E-state index contributed by atoms with van der Waals surface area (Å²) < 4.78 is 3.42. The first-order chi connectivity index (χ1) is 7.77. The highest BCUT2D eigenvalue weighted by Gasteiger charge is 2.00. The van der Waals surface area contributed by atoms with Crippen LogP contribution in [0.15, 0.2) is 35.9 Å². The summed E-state index contributed by atoms with van der Waals surface area (Å²) in [5, 5.41) is 3.00. The van der Waals surface area contributed by atoms with E-state index >= 15 is 0 Å². The van der Waals surface area contributed by atoms with Gasteiger partial charge in [-0.2, -0.15) is 0 Å². The normalized spacial score (nSPS) is 10.3. The van der Waals surface area contributed by atoms with Gasteiger partial charge in [-0.15, -0.1) is 0 Å². The minimum absolute atomic E-state index is 0.117. The molecule has 0 unspecified atom stereocenters. The van der Waals surface area contributed by atoms with Gasteiger partial charge in [-0.05, 0) is 0 Å². The van der Waals surface area contributed by atoms with Crippen LogP contribution in [0.25, 0.3) is 0 Å². The molecule has 0 spiro atoms. The third-order valence-electron chi connectivity index (χ3n) is 2.24. The van der Waals surface area contributed by atoms with Gasteiger partial charge < -0.3 is 14.5 Å². The molecule has 0 radical (unpaired) electrons. The van der Waals surface area contributed by atoms with Crippen molar-refractivity contribution in [3.8, 4) is 0 Å². The summed E-state index contributed by atoms with van der Waals surface area (Å²) in [6.45, 7) is 1.39. The van der Waals surface area contributed by atoms with Gasteiger partial charge in [-0.25, -0.2) is 9.97 Å². The molecule has 84 valence electrons. The molecule has 0 aliphatic carbocycles. The molecular formula is C10H13N5O. The van der Waals surface area contributed by atoms with E-state index in [9.17, 15) is 4.79 Å². The second-order valence-electron chi connectivity index (χ2n) is 3.42. The van der Waals surface area contributed by atoms with Crippen molar-refractivity contribution in [1.29, 1.82) is 0 Å². The maximum absolute atomic E-state index is 11.6. The summed E-state index contributed by atoms with van der Waals surface area (Å²) in [4.78, 5) is 19.5. The van der Waals surface area contributed by atoms with Crippen LogP contribution < -0.4 is 10.9 Å². The smallest absolute Gasteiger partial charge is 0.293 e. The van der Waals surface area contributed by atoms with Gasteiger partial charge in [0.15, 0.2) is 5.82 Å². The van der Waals surface area contributed by atoms with Crippen LogP contribution >= 0.6 is 0 Å². The molecule has 0 aliphatic heterocycles. The lowest BCUT2D eigenvalue weighted by atomic mass is 10.5. The Bertz CT molecular complexity index is 502. The van der Waals surface area contributed by atoms with Crippen LogP contribution in [0.3, 0.4) is 0 Å². The Kier molecular flexibility index (Phi) is 3.00. The molecule has 1 N–H and O–H groups in total. The summed E-state index contributed by atoms with van der Waals surface area (Å²) in [5.74, 6) is 0.380. The van der Waals surface area contributed by atoms with Crippen LogP contribution in [0, 0.1) is 0 Å². The van der Waals surface area contributed by atoms with E-state index in [0.29, 0.717) is 12.4 Å². The Balaban J connectivity index is 1.95. The molecular weight excluding hydrogens is 206 g/mol. The van der Waals surface area contributed by atoms with Crippen LogP contribution in [0.5, 0.6) is 0 Å². The second kappa shape index (κ2) is 4.61. The van der Waals surface area contributed by atoms with Crippen molar-refractivity contribution in [3.05, 3.63) is 41.5 Å². The van der Waals surface area contributed by atoms with E-state index in [4.69, 9.17) is 0 Å². The van der Waals surface area contributed by atoms with E-state index in [1.165, 1.54) is 4.57 Å². The van der Waals surface area contributed by atoms with Crippen LogP contribution in [0.1, 0.15) is 0 Å². The highest BCUT2D eigenvalue weighted by molar-refractivity contribution is 5.30. The van der Waals surface area contributed by atoms with Gasteiger partial charge >= 0.3 is 0 Å². The summed E-state index contributed by atoms with van der Waals surface area (Å²) in [6, 6.07) is 0. The van der Waals surface area contributed by atoms with Crippen LogP contribution in [-0.2, 0) is 13.6 Å². The molecule has 2 aromatic heterocycles. The SMILES string of the molecule is Cn1ccnc(NCCn2ccnc2)c1=O. The number of imidazole rings is 1. The number of nitrogens with zero attached hydrogens (tertiary/aromatic N) is 4. The highest BCUT2D eigenvalue weighted by Crippen LogP contribution is 1.92. The van der Waals surface area contributed by atoms with Crippen molar-refractivity contribution >= 4 is 5.82 Å².